The Labute approximate surface area is 141 Å². The maximum Gasteiger partial charge on any atom is 0.263 e. The van der Waals surface area contributed by atoms with E-state index >= 15 is 0 Å². The van der Waals surface area contributed by atoms with Crippen molar-refractivity contribution in [3.8, 4) is 0 Å². The molecule has 2 aromatic rings. The zero-order chi connectivity index (χ0) is 17.7. The lowest BCUT2D eigenvalue weighted by Crippen LogP contribution is -2.20. The SMILES string of the molecule is Cc1cc(F)ccc1S(=O)(=O)Nc1ccc(NCCN(C)C)cn1. The van der Waals surface area contributed by atoms with E-state index in [0.29, 0.717) is 5.56 Å². The number of likely N-dealkylation sites (N-methyl/N-ethyl adjacent to an activating group) is 1. The summed E-state index contributed by atoms with van der Waals surface area (Å²) in [5.74, 6) is -0.269. The molecule has 0 radical (unpaired) electrons. The van der Waals surface area contributed by atoms with Crippen molar-refractivity contribution in [2.24, 2.45) is 0 Å². The third kappa shape index (κ3) is 4.90. The Bertz CT molecular complexity index is 792. The number of sulfonamides is 1. The van der Waals surface area contributed by atoms with Crippen LogP contribution >= 0.6 is 0 Å². The molecular weight excluding hydrogens is 331 g/mol. The van der Waals surface area contributed by atoms with Gasteiger partial charge in [-0.25, -0.2) is 17.8 Å². The Balaban J connectivity index is 2.07. The minimum absolute atomic E-state index is 0.0267. The summed E-state index contributed by atoms with van der Waals surface area (Å²) in [4.78, 5) is 6.17. The number of hydrogen-bond donors (Lipinski definition) is 2. The van der Waals surface area contributed by atoms with Crippen molar-refractivity contribution < 1.29 is 12.8 Å². The number of benzene rings is 1. The number of anilines is 2. The number of hydrogen-bond acceptors (Lipinski definition) is 5. The summed E-state index contributed by atoms with van der Waals surface area (Å²) in [6.45, 7) is 3.18. The molecule has 8 heteroatoms. The quantitative estimate of drug-likeness (QED) is 0.800. The van der Waals surface area contributed by atoms with Crippen molar-refractivity contribution in [2.45, 2.75) is 11.8 Å². The number of rotatable bonds is 7. The highest BCUT2D eigenvalue weighted by molar-refractivity contribution is 7.92. The van der Waals surface area contributed by atoms with E-state index in [0.717, 1.165) is 24.8 Å². The van der Waals surface area contributed by atoms with Gasteiger partial charge in [-0.1, -0.05) is 0 Å². The Morgan fingerprint density at radius 1 is 1.21 bits per heavy atom. The molecule has 0 saturated heterocycles. The number of pyridine rings is 1. The fraction of sp³-hybridized carbons (Fsp3) is 0.312. The van der Waals surface area contributed by atoms with Gasteiger partial charge in [-0.15, -0.1) is 0 Å². The maximum atomic E-state index is 13.1. The Kier molecular flexibility index (Phi) is 5.74. The number of nitrogens with zero attached hydrogens (tertiary/aromatic N) is 2. The molecule has 1 aromatic heterocycles. The molecule has 0 aliphatic rings. The molecular formula is C16H21FN4O2S. The summed E-state index contributed by atoms with van der Waals surface area (Å²) in [6.07, 6.45) is 1.56. The number of halogens is 1. The highest BCUT2D eigenvalue weighted by Crippen LogP contribution is 2.19. The van der Waals surface area contributed by atoms with Gasteiger partial charge in [0.2, 0.25) is 0 Å². The molecule has 0 fully saturated rings. The summed E-state index contributed by atoms with van der Waals surface area (Å²) in [6, 6.07) is 6.86. The smallest absolute Gasteiger partial charge is 0.263 e. The van der Waals surface area contributed by atoms with Gasteiger partial charge in [0.25, 0.3) is 10.0 Å². The van der Waals surface area contributed by atoms with Crippen LogP contribution in [-0.2, 0) is 10.0 Å². The second-order valence-electron chi connectivity index (χ2n) is 5.68. The van der Waals surface area contributed by atoms with Crippen LogP contribution in [0.3, 0.4) is 0 Å². The average molecular weight is 352 g/mol. The van der Waals surface area contributed by atoms with E-state index in [1.807, 2.05) is 19.0 Å². The van der Waals surface area contributed by atoms with E-state index in [2.05, 4.69) is 15.0 Å². The molecule has 1 aromatic carbocycles. The minimum Gasteiger partial charge on any atom is -0.383 e. The van der Waals surface area contributed by atoms with Crippen molar-refractivity contribution in [3.63, 3.8) is 0 Å². The molecule has 1 heterocycles. The fourth-order valence-corrected chi connectivity index (χ4v) is 3.33. The van der Waals surface area contributed by atoms with Crippen molar-refractivity contribution in [1.29, 1.82) is 0 Å². The van der Waals surface area contributed by atoms with Gasteiger partial charge in [0.15, 0.2) is 0 Å². The Morgan fingerprint density at radius 3 is 2.54 bits per heavy atom. The Morgan fingerprint density at radius 2 is 1.96 bits per heavy atom. The zero-order valence-electron chi connectivity index (χ0n) is 13.9. The van der Waals surface area contributed by atoms with Gasteiger partial charge in [0.1, 0.15) is 11.6 Å². The molecule has 0 saturated carbocycles. The van der Waals surface area contributed by atoms with Crippen LogP contribution in [0.1, 0.15) is 5.56 Å². The van der Waals surface area contributed by atoms with E-state index in [-0.39, 0.29) is 10.7 Å². The number of nitrogens with one attached hydrogen (secondary N) is 2. The third-order valence-electron chi connectivity index (χ3n) is 3.32. The molecule has 0 aliphatic carbocycles. The van der Waals surface area contributed by atoms with Crippen LogP contribution in [0.2, 0.25) is 0 Å². The molecule has 130 valence electrons. The molecule has 2 rings (SSSR count). The first-order chi connectivity index (χ1) is 11.3. The molecule has 0 unspecified atom stereocenters. The molecule has 24 heavy (non-hydrogen) atoms. The lowest BCUT2D eigenvalue weighted by molar-refractivity contribution is 0.425. The van der Waals surface area contributed by atoms with Gasteiger partial charge in [-0.3, -0.25) is 4.72 Å². The van der Waals surface area contributed by atoms with Gasteiger partial charge in [-0.05, 0) is 56.9 Å². The second kappa shape index (κ2) is 7.59. The molecule has 0 amide bonds. The fourth-order valence-electron chi connectivity index (χ4n) is 2.09. The molecule has 0 spiro atoms. The average Bonchev–Trinajstić information content (AvgIpc) is 2.48. The normalized spacial score (nSPS) is 11.5. The first-order valence-corrected chi connectivity index (χ1v) is 8.90. The highest BCUT2D eigenvalue weighted by Gasteiger charge is 2.17. The van der Waals surface area contributed by atoms with E-state index < -0.39 is 15.8 Å². The monoisotopic (exact) mass is 352 g/mol. The number of aromatic nitrogens is 1. The Hall–Kier alpha value is -2.19. The summed E-state index contributed by atoms with van der Waals surface area (Å²) in [7, 11) is 0.155. The van der Waals surface area contributed by atoms with Crippen molar-refractivity contribution in [1.82, 2.24) is 9.88 Å². The van der Waals surface area contributed by atoms with E-state index in [4.69, 9.17) is 0 Å². The minimum atomic E-state index is -3.81. The van der Waals surface area contributed by atoms with Gasteiger partial charge in [0, 0.05) is 13.1 Å². The lowest BCUT2D eigenvalue weighted by atomic mass is 10.2. The highest BCUT2D eigenvalue weighted by atomic mass is 32.2. The predicted octanol–water partition coefficient (Wildman–Crippen LogP) is 2.30. The van der Waals surface area contributed by atoms with E-state index in [1.165, 1.54) is 12.1 Å². The van der Waals surface area contributed by atoms with Crippen LogP contribution in [0.25, 0.3) is 0 Å². The standard InChI is InChI=1S/C16H21FN4O2S/c1-12-10-13(17)4-6-15(12)24(22,23)20-16-7-5-14(11-19-16)18-8-9-21(2)3/h4-7,10-11,18H,8-9H2,1-3H3,(H,19,20). The molecule has 6 nitrogen and oxygen atoms in total. The second-order valence-corrected chi connectivity index (χ2v) is 7.33. The van der Waals surface area contributed by atoms with Crippen LogP contribution < -0.4 is 10.0 Å². The summed E-state index contributed by atoms with van der Waals surface area (Å²) >= 11 is 0. The summed E-state index contributed by atoms with van der Waals surface area (Å²) in [5.41, 5.74) is 1.14. The zero-order valence-corrected chi connectivity index (χ0v) is 14.7. The van der Waals surface area contributed by atoms with Gasteiger partial charge < -0.3 is 10.2 Å². The van der Waals surface area contributed by atoms with Gasteiger partial charge in [-0.2, -0.15) is 0 Å². The first-order valence-electron chi connectivity index (χ1n) is 7.41. The molecule has 0 atom stereocenters. The van der Waals surface area contributed by atoms with Crippen molar-refractivity contribution in [3.05, 3.63) is 47.9 Å². The summed E-state index contributed by atoms with van der Waals surface area (Å²) in [5, 5.41) is 3.19. The molecule has 2 N–H and O–H groups in total. The molecule has 0 aliphatic heterocycles. The summed E-state index contributed by atoms with van der Waals surface area (Å²) < 4.78 is 40.3. The number of aryl methyl sites for hydroxylation is 1. The van der Waals surface area contributed by atoms with Gasteiger partial charge in [0.05, 0.1) is 16.8 Å². The van der Waals surface area contributed by atoms with E-state index in [1.54, 1.807) is 25.3 Å². The van der Waals surface area contributed by atoms with Gasteiger partial charge >= 0.3 is 0 Å². The third-order valence-corrected chi connectivity index (χ3v) is 4.83. The topological polar surface area (TPSA) is 74.3 Å². The van der Waals surface area contributed by atoms with Crippen LogP contribution in [0.5, 0.6) is 0 Å². The molecule has 0 bridgehead atoms. The maximum absolute atomic E-state index is 13.1. The van der Waals surface area contributed by atoms with Crippen LogP contribution in [0, 0.1) is 12.7 Å². The van der Waals surface area contributed by atoms with Crippen molar-refractivity contribution >= 4 is 21.5 Å². The predicted molar refractivity (Wildman–Crippen MR) is 93.2 cm³/mol. The lowest BCUT2D eigenvalue weighted by Gasteiger charge is -2.12. The first kappa shape index (κ1) is 18.2. The van der Waals surface area contributed by atoms with Crippen LogP contribution in [0.4, 0.5) is 15.9 Å². The largest absolute Gasteiger partial charge is 0.383 e. The van der Waals surface area contributed by atoms with Crippen LogP contribution in [-0.4, -0.2) is 45.5 Å². The van der Waals surface area contributed by atoms with Crippen LogP contribution in [0.15, 0.2) is 41.4 Å². The van der Waals surface area contributed by atoms with E-state index in [9.17, 15) is 12.8 Å². The van der Waals surface area contributed by atoms with Crippen molar-refractivity contribution in [2.75, 3.05) is 37.2 Å².